The molecule has 0 unspecified atom stereocenters. The first-order chi connectivity index (χ1) is 15.8. The summed E-state index contributed by atoms with van der Waals surface area (Å²) >= 11 is 0. The Bertz CT molecular complexity index is 1240. The number of amides is 2. The maximum Gasteiger partial charge on any atom is 0.290 e. The van der Waals surface area contributed by atoms with E-state index in [1.165, 1.54) is 6.34 Å². The molecule has 0 radical (unpaired) electrons. The van der Waals surface area contributed by atoms with Crippen LogP contribution in [-0.2, 0) is 4.79 Å². The average molecular weight is 446 g/mol. The number of nitrogens with two attached hydrogens (primary N) is 1. The number of nitrogens with zero attached hydrogens (tertiary/aromatic N) is 4. The molecular formula is C25H27N5O3. The lowest BCUT2D eigenvalue weighted by Crippen LogP contribution is -2.63. The van der Waals surface area contributed by atoms with Crippen LogP contribution in [0.15, 0.2) is 69.0 Å². The molecule has 1 saturated heterocycles. The molecule has 2 N–H and O–H groups in total. The molecule has 1 aliphatic heterocycles. The zero-order valence-electron chi connectivity index (χ0n) is 19.0. The number of hydrogen-bond donors (Lipinski definition) is 1. The zero-order valence-corrected chi connectivity index (χ0v) is 19.0. The molecule has 8 nitrogen and oxygen atoms in total. The molecule has 3 aromatic rings. The van der Waals surface area contributed by atoms with Crippen LogP contribution in [0.4, 0.5) is 5.69 Å². The van der Waals surface area contributed by atoms with Crippen LogP contribution < -0.4 is 5.73 Å². The number of carbonyl (C=O) groups is 2. The Kier molecular flexibility index (Phi) is 6.00. The molecule has 1 fully saturated rings. The minimum absolute atomic E-state index is 0.143. The molecular weight excluding hydrogens is 418 g/mol. The number of amidine groups is 1. The molecule has 4 rings (SSSR count). The third-order valence-corrected chi connectivity index (χ3v) is 5.85. The van der Waals surface area contributed by atoms with Gasteiger partial charge in [0.1, 0.15) is 11.9 Å². The Morgan fingerprint density at radius 2 is 1.76 bits per heavy atom. The van der Waals surface area contributed by atoms with Crippen LogP contribution in [0.5, 0.6) is 0 Å². The summed E-state index contributed by atoms with van der Waals surface area (Å²) < 4.78 is 5.85. The summed E-state index contributed by atoms with van der Waals surface area (Å²) in [5.41, 5.74) is 7.54. The van der Waals surface area contributed by atoms with Crippen LogP contribution in [0.2, 0.25) is 0 Å². The van der Waals surface area contributed by atoms with Crippen molar-refractivity contribution >= 4 is 40.6 Å². The minimum Gasteiger partial charge on any atom is -0.451 e. The fourth-order valence-corrected chi connectivity index (χ4v) is 4.09. The van der Waals surface area contributed by atoms with Crippen LogP contribution >= 0.6 is 0 Å². The number of aliphatic imine (C=N–C) groups is 2. The number of aryl methyl sites for hydroxylation is 1. The Labute approximate surface area is 192 Å². The average Bonchev–Trinajstić information content (AvgIpc) is 3.14. The third-order valence-electron chi connectivity index (χ3n) is 5.85. The maximum absolute atomic E-state index is 13.2. The Morgan fingerprint density at radius 1 is 1.06 bits per heavy atom. The highest BCUT2D eigenvalue weighted by molar-refractivity contribution is 6.38. The first kappa shape index (κ1) is 22.3. The fourth-order valence-electron chi connectivity index (χ4n) is 4.09. The van der Waals surface area contributed by atoms with E-state index in [1.807, 2.05) is 75.4 Å². The topological polar surface area (TPSA) is 104 Å². The molecule has 0 bridgehead atoms. The Balaban J connectivity index is 1.46. The van der Waals surface area contributed by atoms with Crippen molar-refractivity contribution in [2.75, 3.05) is 19.6 Å². The third kappa shape index (κ3) is 4.50. The normalized spacial score (nSPS) is 16.5. The molecule has 0 saturated carbocycles. The molecule has 170 valence electrons. The largest absolute Gasteiger partial charge is 0.451 e. The van der Waals surface area contributed by atoms with Gasteiger partial charge in [-0.05, 0) is 39.0 Å². The lowest BCUT2D eigenvalue weighted by atomic mass is 9.98. The first-order valence-corrected chi connectivity index (χ1v) is 10.8. The number of benzene rings is 2. The van der Waals surface area contributed by atoms with E-state index in [0.717, 1.165) is 16.6 Å². The van der Waals surface area contributed by atoms with Crippen molar-refractivity contribution in [3.05, 3.63) is 65.9 Å². The Hall–Kier alpha value is -3.94. The van der Waals surface area contributed by atoms with E-state index in [4.69, 9.17) is 10.2 Å². The number of fused-ring (bicyclic) bond motifs is 1. The van der Waals surface area contributed by atoms with Gasteiger partial charge in [-0.15, -0.1) is 0 Å². The summed E-state index contributed by atoms with van der Waals surface area (Å²) in [4.78, 5) is 37.8. The SMILES string of the molecule is Cc1c(C(=O)N2CCN(C(=O)C(N)=NC=Nc3ccccc3)C(C)(C)C2)oc2ccccc12. The van der Waals surface area contributed by atoms with E-state index < -0.39 is 5.54 Å². The van der Waals surface area contributed by atoms with Crippen LogP contribution in [0, 0.1) is 6.92 Å². The van der Waals surface area contributed by atoms with Crippen molar-refractivity contribution in [2.24, 2.45) is 15.7 Å². The molecule has 0 aliphatic carbocycles. The van der Waals surface area contributed by atoms with Gasteiger partial charge in [-0.3, -0.25) is 9.59 Å². The standard InChI is InChI=1S/C25H27N5O3/c1-17-19-11-7-8-12-20(19)33-21(17)23(31)29-13-14-30(25(2,3)15-29)24(32)22(26)28-16-27-18-9-5-4-6-10-18/h4-12,16H,13-15H2,1-3H3,(H2,26,27,28). The molecule has 1 aromatic heterocycles. The van der Waals surface area contributed by atoms with Crippen molar-refractivity contribution in [2.45, 2.75) is 26.3 Å². The van der Waals surface area contributed by atoms with Gasteiger partial charge in [-0.25, -0.2) is 9.98 Å². The first-order valence-electron chi connectivity index (χ1n) is 10.8. The van der Waals surface area contributed by atoms with E-state index in [0.29, 0.717) is 31.0 Å². The monoisotopic (exact) mass is 445 g/mol. The fraction of sp³-hybridized carbons (Fsp3) is 0.280. The summed E-state index contributed by atoms with van der Waals surface area (Å²) in [6, 6.07) is 16.9. The maximum atomic E-state index is 13.2. The molecule has 2 amide bonds. The van der Waals surface area contributed by atoms with E-state index in [9.17, 15) is 9.59 Å². The van der Waals surface area contributed by atoms with Gasteiger partial charge in [-0.2, -0.15) is 0 Å². The van der Waals surface area contributed by atoms with Gasteiger partial charge in [0.15, 0.2) is 11.6 Å². The molecule has 2 aromatic carbocycles. The van der Waals surface area contributed by atoms with Gasteiger partial charge in [0, 0.05) is 30.6 Å². The van der Waals surface area contributed by atoms with Crippen molar-refractivity contribution in [3.63, 3.8) is 0 Å². The quantitative estimate of drug-likeness (QED) is 0.492. The van der Waals surface area contributed by atoms with Crippen molar-refractivity contribution in [3.8, 4) is 0 Å². The highest BCUT2D eigenvalue weighted by Crippen LogP contribution is 2.28. The number of hydrogen-bond acceptors (Lipinski definition) is 4. The number of carbonyl (C=O) groups excluding carboxylic acids is 2. The van der Waals surface area contributed by atoms with E-state index >= 15 is 0 Å². The van der Waals surface area contributed by atoms with Crippen molar-refractivity contribution in [1.29, 1.82) is 0 Å². The minimum atomic E-state index is -0.637. The molecule has 0 atom stereocenters. The van der Waals surface area contributed by atoms with Crippen LogP contribution in [-0.4, -0.2) is 59.0 Å². The Morgan fingerprint density at radius 3 is 2.45 bits per heavy atom. The molecule has 1 aliphatic rings. The van der Waals surface area contributed by atoms with Crippen molar-refractivity contribution in [1.82, 2.24) is 9.80 Å². The predicted octanol–water partition coefficient (Wildman–Crippen LogP) is 3.52. The van der Waals surface area contributed by atoms with Crippen LogP contribution in [0.25, 0.3) is 11.0 Å². The van der Waals surface area contributed by atoms with Gasteiger partial charge in [0.25, 0.3) is 11.8 Å². The van der Waals surface area contributed by atoms with Gasteiger partial charge in [-0.1, -0.05) is 36.4 Å². The summed E-state index contributed by atoms with van der Waals surface area (Å²) in [6.07, 6.45) is 1.28. The van der Waals surface area contributed by atoms with E-state index in [1.54, 1.807) is 9.80 Å². The summed E-state index contributed by atoms with van der Waals surface area (Å²) in [5.74, 6) is -0.368. The second-order valence-corrected chi connectivity index (χ2v) is 8.64. The highest BCUT2D eigenvalue weighted by Gasteiger charge is 2.40. The lowest BCUT2D eigenvalue weighted by molar-refractivity contribution is -0.132. The summed E-state index contributed by atoms with van der Waals surface area (Å²) in [7, 11) is 0. The zero-order chi connectivity index (χ0) is 23.6. The molecule has 8 heteroatoms. The van der Waals surface area contributed by atoms with Crippen LogP contribution in [0.1, 0.15) is 30.0 Å². The van der Waals surface area contributed by atoms with Gasteiger partial charge >= 0.3 is 0 Å². The second kappa shape index (κ2) is 8.90. The second-order valence-electron chi connectivity index (χ2n) is 8.64. The highest BCUT2D eigenvalue weighted by atomic mass is 16.3. The number of furan rings is 1. The van der Waals surface area contributed by atoms with Crippen molar-refractivity contribution < 1.29 is 14.0 Å². The number of piperazine rings is 1. The lowest BCUT2D eigenvalue weighted by Gasteiger charge is -2.46. The number of para-hydroxylation sites is 2. The summed E-state index contributed by atoms with van der Waals surface area (Å²) in [6.45, 7) is 6.75. The van der Waals surface area contributed by atoms with Gasteiger partial charge in [0.2, 0.25) is 0 Å². The van der Waals surface area contributed by atoms with E-state index in [-0.39, 0.29) is 17.6 Å². The molecule has 33 heavy (non-hydrogen) atoms. The smallest absolute Gasteiger partial charge is 0.290 e. The van der Waals surface area contributed by atoms with Gasteiger partial charge < -0.3 is 20.0 Å². The molecule has 2 heterocycles. The summed E-state index contributed by atoms with van der Waals surface area (Å²) in [5, 5.41) is 0.926. The van der Waals surface area contributed by atoms with E-state index in [2.05, 4.69) is 9.98 Å². The van der Waals surface area contributed by atoms with Crippen LogP contribution in [0.3, 0.4) is 0 Å². The van der Waals surface area contributed by atoms with Gasteiger partial charge in [0.05, 0.1) is 11.2 Å². The molecule has 0 spiro atoms. The number of rotatable bonds is 3. The predicted molar refractivity (Wildman–Crippen MR) is 129 cm³/mol.